The van der Waals surface area contributed by atoms with Gasteiger partial charge in [-0.1, -0.05) is 38.7 Å². The molecule has 0 unspecified atom stereocenters. The fourth-order valence-electron chi connectivity index (χ4n) is 1.93. The first-order valence-electron chi connectivity index (χ1n) is 7.63. The Morgan fingerprint density at radius 1 is 1.10 bits per heavy atom. The van der Waals surface area contributed by atoms with Gasteiger partial charge in [0.15, 0.2) is 0 Å². The Morgan fingerprint density at radius 3 is 2.15 bits per heavy atom. The quantitative estimate of drug-likeness (QED) is 0.243. The Balaban J connectivity index is 4.69. The second-order valence-electron chi connectivity index (χ2n) is 4.81. The van der Waals surface area contributed by atoms with Crippen molar-refractivity contribution in [3.8, 4) is 0 Å². The molecule has 0 saturated heterocycles. The molecule has 118 valence electrons. The fraction of sp³-hybridized carbons (Fsp3) is 1.00. The first-order valence-corrected chi connectivity index (χ1v) is 7.63. The zero-order chi connectivity index (χ0) is 15.2. The van der Waals surface area contributed by atoms with Crippen LogP contribution in [0.5, 0.6) is 0 Å². The Hall–Kier alpha value is -0.810. The van der Waals surface area contributed by atoms with Crippen molar-refractivity contribution in [1.29, 1.82) is 0 Å². The molecule has 0 saturated carbocycles. The van der Waals surface area contributed by atoms with Gasteiger partial charge in [-0.15, -0.1) is 0 Å². The van der Waals surface area contributed by atoms with Crippen LogP contribution in [0.15, 0.2) is 5.11 Å². The van der Waals surface area contributed by atoms with Crippen molar-refractivity contribution in [1.82, 2.24) is 0 Å². The van der Waals surface area contributed by atoms with Crippen LogP contribution < -0.4 is 0 Å². The van der Waals surface area contributed by atoms with E-state index in [-0.39, 0.29) is 18.8 Å². The molecule has 20 heavy (non-hydrogen) atoms. The monoisotopic (exact) mass is 287 g/mol. The predicted octanol–water partition coefficient (Wildman–Crippen LogP) is 3.44. The summed E-state index contributed by atoms with van der Waals surface area (Å²) in [6.45, 7) is 7.23. The van der Waals surface area contributed by atoms with Gasteiger partial charge in [0.25, 0.3) is 0 Å². The summed E-state index contributed by atoms with van der Waals surface area (Å²) in [7, 11) is 0. The number of hydrogen-bond acceptors (Lipinski definition) is 4. The predicted molar refractivity (Wildman–Crippen MR) is 79.6 cm³/mol. The van der Waals surface area contributed by atoms with Gasteiger partial charge in [-0.05, 0) is 24.8 Å². The van der Waals surface area contributed by atoms with Crippen molar-refractivity contribution in [3.05, 3.63) is 10.4 Å². The number of aliphatic hydroxyl groups is 1. The van der Waals surface area contributed by atoms with Gasteiger partial charge in [-0.25, -0.2) is 0 Å². The minimum Gasteiger partial charge on any atom is -0.396 e. The van der Waals surface area contributed by atoms with Gasteiger partial charge in [0.2, 0.25) is 0 Å². The van der Waals surface area contributed by atoms with E-state index in [9.17, 15) is 5.11 Å². The maximum absolute atomic E-state index is 9.40. The van der Waals surface area contributed by atoms with Crippen molar-refractivity contribution in [3.63, 3.8) is 0 Å². The molecule has 0 spiro atoms. The third-order valence-corrected chi connectivity index (χ3v) is 3.17. The molecule has 0 amide bonds. The minimum atomic E-state index is -0.594. The highest BCUT2D eigenvalue weighted by atomic mass is 16.5. The lowest BCUT2D eigenvalue weighted by atomic mass is 10.0. The van der Waals surface area contributed by atoms with Crippen LogP contribution in [0.2, 0.25) is 0 Å². The van der Waals surface area contributed by atoms with Crippen LogP contribution in [0.25, 0.3) is 10.4 Å². The topological polar surface area (TPSA) is 87.5 Å². The van der Waals surface area contributed by atoms with Gasteiger partial charge in [0.05, 0.1) is 24.9 Å². The second-order valence-corrected chi connectivity index (χ2v) is 4.81. The zero-order valence-corrected chi connectivity index (χ0v) is 13.0. The van der Waals surface area contributed by atoms with Crippen LogP contribution in [0.1, 0.15) is 52.9 Å². The van der Waals surface area contributed by atoms with Crippen molar-refractivity contribution >= 4 is 0 Å². The molecule has 0 aliphatic rings. The third kappa shape index (κ3) is 7.70. The summed E-state index contributed by atoms with van der Waals surface area (Å²) in [5.74, 6) is 0. The molecule has 0 aliphatic heterocycles. The standard InChI is InChI=1S/C14H29N3O3/c1-4-7-9-19-13(6-3)14(20-10-8-5-2)12(11-18)16-17-15/h12-14,18H,4-11H2,1-3H3/t12-,13+,14-/m0/s1. The van der Waals surface area contributed by atoms with Crippen LogP contribution in [-0.4, -0.2) is 43.2 Å². The molecule has 0 aromatic heterocycles. The molecule has 0 aromatic rings. The highest BCUT2D eigenvalue weighted by Gasteiger charge is 2.29. The van der Waals surface area contributed by atoms with Gasteiger partial charge < -0.3 is 14.6 Å². The number of unbranched alkanes of at least 4 members (excludes halogenated alkanes) is 2. The van der Waals surface area contributed by atoms with E-state index in [1.807, 2.05) is 6.92 Å². The molecule has 0 heterocycles. The molecule has 0 aromatic carbocycles. The van der Waals surface area contributed by atoms with Crippen LogP contribution in [-0.2, 0) is 9.47 Å². The first-order chi connectivity index (χ1) is 9.74. The normalized spacial score (nSPS) is 15.4. The highest BCUT2D eigenvalue weighted by molar-refractivity contribution is 4.83. The summed E-state index contributed by atoms with van der Waals surface area (Å²) in [5, 5.41) is 13.0. The van der Waals surface area contributed by atoms with Gasteiger partial charge >= 0.3 is 0 Å². The lowest BCUT2D eigenvalue weighted by Crippen LogP contribution is -2.42. The summed E-state index contributed by atoms with van der Waals surface area (Å²) >= 11 is 0. The lowest BCUT2D eigenvalue weighted by Gasteiger charge is -2.30. The highest BCUT2D eigenvalue weighted by Crippen LogP contribution is 2.16. The van der Waals surface area contributed by atoms with E-state index in [4.69, 9.17) is 15.0 Å². The van der Waals surface area contributed by atoms with E-state index < -0.39 is 6.04 Å². The molecule has 1 N–H and O–H groups in total. The molecule has 6 nitrogen and oxygen atoms in total. The van der Waals surface area contributed by atoms with E-state index in [0.717, 1.165) is 32.1 Å². The van der Waals surface area contributed by atoms with E-state index in [1.165, 1.54) is 0 Å². The van der Waals surface area contributed by atoms with Crippen molar-refractivity contribution in [2.75, 3.05) is 19.8 Å². The zero-order valence-electron chi connectivity index (χ0n) is 13.0. The Morgan fingerprint density at radius 2 is 1.70 bits per heavy atom. The summed E-state index contributed by atoms with van der Waals surface area (Å²) in [5.41, 5.74) is 8.61. The fourth-order valence-corrected chi connectivity index (χ4v) is 1.93. The molecule has 3 atom stereocenters. The average molecular weight is 287 g/mol. The van der Waals surface area contributed by atoms with Gasteiger partial charge in [-0.3, -0.25) is 0 Å². The first kappa shape index (κ1) is 19.2. The number of ether oxygens (including phenoxy) is 2. The van der Waals surface area contributed by atoms with Crippen LogP contribution in [0.3, 0.4) is 0 Å². The summed E-state index contributed by atoms with van der Waals surface area (Å²) < 4.78 is 11.7. The van der Waals surface area contributed by atoms with E-state index in [1.54, 1.807) is 0 Å². The number of nitrogens with zero attached hydrogens (tertiary/aromatic N) is 3. The summed E-state index contributed by atoms with van der Waals surface area (Å²) in [6, 6.07) is -0.594. The Kier molecular flexibility index (Phi) is 12.7. The van der Waals surface area contributed by atoms with Gasteiger partial charge in [-0.2, -0.15) is 0 Å². The molecule has 0 rings (SSSR count). The SMILES string of the molecule is CCCCO[C@@H]([C@H](CO)N=[N+]=[N-])[C@@H](CC)OCCCC. The lowest BCUT2D eigenvalue weighted by molar-refractivity contribution is -0.0909. The van der Waals surface area contributed by atoms with Crippen LogP contribution in [0.4, 0.5) is 0 Å². The number of hydrogen-bond donors (Lipinski definition) is 1. The maximum atomic E-state index is 9.40. The second kappa shape index (κ2) is 13.2. The minimum absolute atomic E-state index is 0.152. The Bertz CT molecular complexity index is 270. The smallest absolute Gasteiger partial charge is 0.0943 e. The number of azide groups is 1. The van der Waals surface area contributed by atoms with E-state index in [2.05, 4.69) is 23.9 Å². The van der Waals surface area contributed by atoms with Crippen molar-refractivity contribution in [2.24, 2.45) is 5.11 Å². The summed E-state index contributed by atoms with van der Waals surface area (Å²) in [6.07, 6.45) is 4.26. The molecule has 0 fully saturated rings. The molecule has 0 radical (unpaired) electrons. The molecule has 0 aliphatic carbocycles. The van der Waals surface area contributed by atoms with Crippen LogP contribution in [0, 0.1) is 0 Å². The number of aliphatic hydroxyl groups excluding tert-OH is 1. The molecular weight excluding hydrogens is 258 g/mol. The van der Waals surface area contributed by atoms with Crippen LogP contribution >= 0.6 is 0 Å². The third-order valence-electron chi connectivity index (χ3n) is 3.17. The largest absolute Gasteiger partial charge is 0.396 e. The molecule has 0 bridgehead atoms. The average Bonchev–Trinajstić information content (AvgIpc) is 2.47. The maximum Gasteiger partial charge on any atom is 0.0943 e. The Labute approximate surface area is 122 Å². The van der Waals surface area contributed by atoms with Crippen molar-refractivity contribution < 1.29 is 14.6 Å². The van der Waals surface area contributed by atoms with Gasteiger partial charge in [0.1, 0.15) is 0 Å². The van der Waals surface area contributed by atoms with Crippen molar-refractivity contribution in [2.45, 2.75) is 71.1 Å². The summed E-state index contributed by atoms with van der Waals surface area (Å²) in [4.78, 5) is 2.80. The molecule has 6 heteroatoms. The number of rotatable bonds is 13. The molecular formula is C14H29N3O3. The van der Waals surface area contributed by atoms with Gasteiger partial charge in [0, 0.05) is 18.1 Å². The van der Waals surface area contributed by atoms with E-state index >= 15 is 0 Å². The van der Waals surface area contributed by atoms with E-state index in [0.29, 0.717) is 13.2 Å².